The van der Waals surface area contributed by atoms with Crippen molar-refractivity contribution in [1.29, 1.82) is 0 Å². The summed E-state index contributed by atoms with van der Waals surface area (Å²) in [5.74, 6) is -0.169. The van der Waals surface area contributed by atoms with Gasteiger partial charge in [-0.2, -0.15) is 0 Å². The van der Waals surface area contributed by atoms with Gasteiger partial charge >= 0.3 is 12.1 Å². The maximum absolute atomic E-state index is 11.5. The van der Waals surface area contributed by atoms with Gasteiger partial charge in [0.05, 0.1) is 6.10 Å². The van der Waals surface area contributed by atoms with Crippen LogP contribution in [0, 0.1) is 0 Å². The normalized spacial score (nSPS) is 15.1. The zero-order valence-corrected chi connectivity index (χ0v) is 11.2. The van der Waals surface area contributed by atoms with Crippen molar-refractivity contribution in [3.05, 3.63) is 23.8 Å². The van der Waals surface area contributed by atoms with Gasteiger partial charge in [-0.3, -0.25) is 0 Å². The van der Waals surface area contributed by atoms with E-state index in [-0.39, 0.29) is 13.4 Å². The fraction of sp³-hybridized carbons (Fsp3) is 0.385. The first-order chi connectivity index (χ1) is 9.97. The fourth-order valence-corrected chi connectivity index (χ4v) is 1.74. The Morgan fingerprint density at radius 2 is 2.10 bits per heavy atom. The van der Waals surface area contributed by atoms with Crippen molar-refractivity contribution in [2.24, 2.45) is 0 Å². The molecular weight excluding hydrogens is 282 g/mol. The summed E-state index contributed by atoms with van der Waals surface area (Å²) >= 11 is 0. The minimum absolute atomic E-state index is 0.0609. The van der Waals surface area contributed by atoms with Crippen LogP contribution in [0.2, 0.25) is 0 Å². The van der Waals surface area contributed by atoms with Crippen molar-refractivity contribution in [3.63, 3.8) is 0 Å². The zero-order chi connectivity index (χ0) is 15.4. The molecule has 0 bridgehead atoms. The fourth-order valence-electron chi connectivity index (χ4n) is 1.74. The van der Waals surface area contributed by atoms with E-state index in [1.807, 2.05) is 0 Å². The minimum atomic E-state index is -1.42. The predicted octanol–water partition coefficient (Wildman–Crippen LogP) is 0.475. The molecule has 0 saturated carbocycles. The Labute approximate surface area is 120 Å². The predicted molar refractivity (Wildman–Crippen MR) is 69.0 cm³/mol. The van der Waals surface area contributed by atoms with Crippen LogP contribution in [-0.2, 0) is 16.1 Å². The number of aliphatic hydroxyl groups excluding tert-OH is 1. The van der Waals surface area contributed by atoms with Gasteiger partial charge < -0.3 is 29.7 Å². The number of nitrogens with one attached hydrogen (secondary N) is 1. The van der Waals surface area contributed by atoms with Gasteiger partial charge in [0.25, 0.3) is 0 Å². The summed E-state index contributed by atoms with van der Waals surface area (Å²) in [5, 5.41) is 20.1. The maximum Gasteiger partial charge on any atom is 0.408 e. The summed E-state index contributed by atoms with van der Waals surface area (Å²) < 4.78 is 15.2. The number of ether oxygens (including phenoxy) is 3. The lowest BCUT2D eigenvalue weighted by molar-refractivity contribution is -0.142. The molecule has 0 unspecified atom stereocenters. The SMILES string of the molecule is C[C@H](O)[C@@H](NC(=O)OCc1ccc2c(c1)OCO2)C(=O)O. The second-order valence-electron chi connectivity index (χ2n) is 4.46. The molecule has 0 saturated heterocycles. The number of benzene rings is 1. The number of hydrogen-bond acceptors (Lipinski definition) is 6. The van der Waals surface area contributed by atoms with Crippen LogP contribution in [0.3, 0.4) is 0 Å². The van der Waals surface area contributed by atoms with Crippen LogP contribution in [0.25, 0.3) is 0 Å². The molecule has 0 aromatic heterocycles. The van der Waals surface area contributed by atoms with Crippen LogP contribution in [0.4, 0.5) is 4.79 Å². The Morgan fingerprint density at radius 3 is 2.76 bits per heavy atom. The molecule has 1 amide bonds. The molecule has 2 atom stereocenters. The first-order valence-corrected chi connectivity index (χ1v) is 6.20. The summed E-state index contributed by atoms with van der Waals surface area (Å²) in [5.41, 5.74) is 0.665. The topological polar surface area (TPSA) is 114 Å². The molecular formula is C13H15NO7. The van der Waals surface area contributed by atoms with Crippen molar-refractivity contribution in [1.82, 2.24) is 5.32 Å². The highest BCUT2D eigenvalue weighted by Gasteiger charge is 2.25. The van der Waals surface area contributed by atoms with Crippen LogP contribution in [-0.4, -0.2) is 41.2 Å². The van der Waals surface area contributed by atoms with Crippen molar-refractivity contribution in [2.45, 2.75) is 25.7 Å². The summed E-state index contributed by atoms with van der Waals surface area (Å²) in [7, 11) is 0. The molecule has 2 rings (SSSR count). The summed E-state index contributed by atoms with van der Waals surface area (Å²) in [6.07, 6.45) is -2.17. The average Bonchev–Trinajstić information content (AvgIpc) is 2.89. The van der Waals surface area contributed by atoms with E-state index < -0.39 is 24.2 Å². The number of fused-ring (bicyclic) bond motifs is 1. The number of hydrogen-bond donors (Lipinski definition) is 3. The van der Waals surface area contributed by atoms with Gasteiger partial charge in [-0.25, -0.2) is 9.59 Å². The van der Waals surface area contributed by atoms with E-state index in [2.05, 4.69) is 5.32 Å². The Morgan fingerprint density at radius 1 is 1.38 bits per heavy atom. The highest BCUT2D eigenvalue weighted by atomic mass is 16.7. The van der Waals surface area contributed by atoms with E-state index in [0.29, 0.717) is 17.1 Å². The molecule has 1 aliphatic rings. The number of carbonyl (C=O) groups is 2. The summed E-state index contributed by atoms with van der Waals surface area (Å²) in [4.78, 5) is 22.3. The van der Waals surface area contributed by atoms with Crippen molar-refractivity contribution in [3.8, 4) is 11.5 Å². The van der Waals surface area contributed by atoms with E-state index >= 15 is 0 Å². The van der Waals surface area contributed by atoms with Crippen molar-refractivity contribution >= 4 is 12.1 Å². The lowest BCUT2D eigenvalue weighted by Crippen LogP contribution is -2.47. The quantitative estimate of drug-likeness (QED) is 0.724. The highest BCUT2D eigenvalue weighted by Crippen LogP contribution is 2.32. The van der Waals surface area contributed by atoms with Gasteiger partial charge in [0.2, 0.25) is 6.79 Å². The standard InChI is InChI=1S/C13H15NO7/c1-7(15)11(12(16)17)14-13(18)19-5-8-2-3-9-10(4-8)21-6-20-9/h2-4,7,11,15H,5-6H2,1H3,(H,14,18)(H,16,17)/t7-,11+/m0/s1. The van der Waals surface area contributed by atoms with E-state index in [1.165, 1.54) is 6.92 Å². The molecule has 8 nitrogen and oxygen atoms in total. The second kappa shape index (κ2) is 6.31. The van der Waals surface area contributed by atoms with E-state index in [0.717, 1.165) is 0 Å². The smallest absolute Gasteiger partial charge is 0.408 e. The number of aliphatic hydroxyl groups is 1. The zero-order valence-electron chi connectivity index (χ0n) is 11.2. The molecule has 21 heavy (non-hydrogen) atoms. The minimum Gasteiger partial charge on any atom is -0.480 e. The number of amides is 1. The average molecular weight is 297 g/mol. The van der Waals surface area contributed by atoms with Gasteiger partial charge in [-0.1, -0.05) is 6.07 Å². The van der Waals surface area contributed by atoms with Gasteiger partial charge in [-0.15, -0.1) is 0 Å². The first kappa shape index (κ1) is 14.9. The van der Waals surface area contributed by atoms with E-state index in [9.17, 15) is 14.7 Å². The van der Waals surface area contributed by atoms with E-state index in [1.54, 1.807) is 18.2 Å². The molecule has 114 valence electrons. The third-order valence-corrected chi connectivity index (χ3v) is 2.83. The Kier molecular flexibility index (Phi) is 4.49. The Balaban J connectivity index is 1.88. The van der Waals surface area contributed by atoms with Gasteiger partial charge in [0.15, 0.2) is 17.5 Å². The maximum atomic E-state index is 11.5. The highest BCUT2D eigenvalue weighted by molar-refractivity contribution is 5.80. The monoisotopic (exact) mass is 297 g/mol. The number of carbonyl (C=O) groups excluding carboxylic acids is 1. The van der Waals surface area contributed by atoms with Gasteiger partial charge in [0, 0.05) is 0 Å². The molecule has 0 spiro atoms. The van der Waals surface area contributed by atoms with Crippen LogP contribution >= 0.6 is 0 Å². The molecule has 1 aromatic carbocycles. The molecule has 0 aliphatic carbocycles. The molecule has 1 aliphatic heterocycles. The number of rotatable bonds is 5. The third-order valence-electron chi connectivity index (χ3n) is 2.83. The summed E-state index contributed by atoms with van der Waals surface area (Å²) in [6, 6.07) is 3.63. The Hall–Kier alpha value is -2.48. The number of carboxylic acids is 1. The molecule has 0 fully saturated rings. The first-order valence-electron chi connectivity index (χ1n) is 6.20. The molecule has 1 aromatic rings. The molecule has 3 N–H and O–H groups in total. The van der Waals surface area contributed by atoms with Crippen LogP contribution in [0.5, 0.6) is 11.5 Å². The second-order valence-corrected chi connectivity index (χ2v) is 4.46. The molecule has 1 heterocycles. The lowest BCUT2D eigenvalue weighted by atomic mass is 10.2. The third kappa shape index (κ3) is 3.76. The Bertz CT molecular complexity index is 543. The molecule has 0 radical (unpaired) electrons. The summed E-state index contributed by atoms with van der Waals surface area (Å²) in [6.45, 7) is 1.35. The van der Waals surface area contributed by atoms with E-state index in [4.69, 9.17) is 19.3 Å². The van der Waals surface area contributed by atoms with Gasteiger partial charge in [-0.05, 0) is 24.6 Å². The van der Waals surface area contributed by atoms with Crippen molar-refractivity contribution < 1.29 is 34.0 Å². The van der Waals surface area contributed by atoms with Crippen LogP contribution in [0.1, 0.15) is 12.5 Å². The van der Waals surface area contributed by atoms with Crippen LogP contribution in [0.15, 0.2) is 18.2 Å². The lowest BCUT2D eigenvalue weighted by Gasteiger charge is -2.16. The number of carboxylic acid groups (broad SMARTS) is 1. The number of aliphatic carboxylic acids is 1. The molecule has 8 heteroatoms. The largest absolute Gasteiger partial charge is 0.480 e. The van der Waals surface area contributed by atoms with Gasteiger partial charge in [0.1, 0.15) is 6.61 Å². The van der Waals surface area contributed by atoms with Crippen LogP contribution < -0.4 is 14.8 Å². The van der Waals surface area contributed by atoms with Crippen molar-refractivity contribution in [2.75, 3.05) is 6.79 Å². The number of alkyl carbamates (subject to hydrolysis) is 1.